The van der Waals surface area contributed by atoms with Crippen LogP contribution in [0, 0.1) is 12.8 Å². The van der Waals surface area contributed by atoms with Gasteiger partial charge in [0.05, 0.1) is 23.3 Å². The molecular weight excluding hydrogens is 449 g/mol. The first-order valence-corrected chi connectivity index (χ1v) is 10.7. The van der Waals surface area contributed by atoms with Crippen LogP contribution in [-0.4, -0.2) is 43.7 Å². The maximum atomic E-state index is 12.9. The monoisotopic (exact) mass is 474 g/mol. The second-order valence-corrected chi connectivity index (χ2v) is 8.53. The van der Waals surface area contributed by atoms with Crippen LogP contribution in [0.5, 0.6) is 0 Å². The number of aryl methyl sites for hydroxylation is 1. The van der Waals surface area contributed by atoms with Crippen LogP contribution in [0.1, 0.15) is 36.6 Å². The zero-order valence-electron chi connectivity index (χ0n) is 19.2. The average Bonchev–Trinajstić information content (AvgIpc) is 3.20. The number of pyridine rings is 1. The zero-order chi connectivity index (χ0) is 24.6. The highest BCUT2D eigenvalue weighted by Gasteiger charge is 2.34. The molecule has 1 atom stereocenters. The summed E-state index contributed by atoms with van der Waals surface area (Å²) in [5.41, 5.74) is 2.10. The largest absolute Gasteiger partial charge is 0.433 e. The fraction of sp³-hybridized carbons (Fsp3) is 0.409. The molecule has 12 heteroatoms. The third kappa shape index (κ3) is 4.80. The predicted octanol–water partition coefficient (Wildman–Crippen LogP) is 3.47. The van der Waals surface area contributed by atoms with Crippen molar-refractivity contribution in [3.8, 4) is 0 Å². The number of hydrogen-bond donors (Lipinski definition) is 2. The predicted molar refractivity (Wildman–Crippen MR) is 120 cm³/mol. The number of likely N-dealkylation sites (N-methyl/N-ethyl adjacent to an activating group) is 1. The third-order valence-electron chi connectivity index (χ3n) is 5.58. The van der Waals surface area contributed by atoms with Crippen molar-refractivity contribution in [3.05, 3.63) is 53.5 Å². The van der Waals surface area contributed by atoms with E-state index in [2.05, 4.69) is 30.7 Å². The van der Waals surface area contributed by atoms with Crippen LogP contribution in [-0.2, 0) is 24.1 Å². The van der Waals surface area contributed by atoms with Crippen molar-refractivity contribution in [1.82, 2.24) is 24.7 Å². The van der Waals surface area contributed by atoms with E-state index < -0.39 is 11.9 Å². The van der Waals surface area contributed by atoms with Crippen LogP contribution in [0.25, 0.3) is 0 Å². The maximum Gasteiger partial charge on any atom is 0.433 e. The first kappa shape index (κ1) is 23.5. The number of aromatic nitrogens is 5. The molecule has 3 aromatic rings. The van der Waals surface area contributed by atoms with Crippen LogP contribution < -0.4 is 15.5 Å². The Labute approximate surface area is 194 Å². The van der Waals surface area contributed by atoms with Crippen molar-refractivity contribution in [3.63, 3.8) is 0 Å². The van der Waals surface area contributed by atoms with Gasteiger partial charge in [0.2, 0.25) is 5.91 Å². The van der Waals surface area contributed by atoms with Gasteiger partial charge < -0.3 is 15.5 Å². The van der Waals surface area contributed by atoms with Crippen molar-refractivity contribution >= 4 is 23.1 Å². The first-order valence-electron chi connectivity index (χ1n) is 10.7. The van der Waals surface area contributed by atoms with Gasteiger partial charge in [0.15, 0.2) is 0 Å². The molecule has 0 fully saturated rings. The number of alkyl halides is 3. The van der Waals surface area contributed by atoms with Gasteiger partial charge in [0, 0.05) is 37.6 Å². The lowest BCUT2D eigenvalue weighted by atomic mass is 9.98. The van der Waals surface area contributed by atoms with Gasteiger partial charge in [-0.1, -0.05) is 13.8 Å². The molecule has 0 saturated carbocycles. The van der Waals surface area contributed by atoms with Gasteiger partial charge in [-0.3, -0.25) is 9.48 Å². The topological polar surface area (TPSA) is 101 Å². The molecule has 0 bridgehead atoms. The highest BCUT2D eigenvalue weighted by atomic mass is 19.4. The molecule has 1 amide bonds. The van der Waals surface area contributed by atoms with Crippen LogP contribution >= 0.6 is 0 Å². The third-order valence-corrected chi connectivity index (χ3v) is 5.58. The number of rotatable bonds is 6. The fourth-order valence-corrected chi connectivity index (χ4v) is 4.01. The number of amides is 1. The van der Waals surface area contributed by atoms with Gasteiger partial charge in [0.25, 0.3) is 0 Å². The average molecular weight is 474 g/mol. The molecule has 34 heavy (non-hydrogen) atoms. The Balaban J connectivity index is 1.45. The number of anilines is 3. The van der Waals surface area contributed by atoms with Crippen LogP contribution in [0.4, 0.5) is 30.4 Å². The Morgan fingerprint density at radius 2 is 2.03 bits per heavy atom. The van der Waals surface area contributed by atoms with Crippen LogP contribution in [0.2, 0.25) is 0 Å². The molecular formula is C22H25F3N8O. The Morgan fingerprint density at radius 3 is 2.74 bits per heavy atom. The van der Waals surface area contributed by atoms with Gasteiger partial charge >= 0.3 is 6.18 Å². The standard InChI is InChI=1S/C22H25F3N8O/c1-12(2)20-21(34)31-19-13(3)29-17(7-15(19)32(20)4)27-8-14-9-28-33(10-14)11-18-26-6-5-16(30-18)22(23,24)25/h5-7,9-10,12,20H,8,11H2,1-4H3,(H,27,29)(H,31,34)/t20-/m0/s1. The number of nitrogens with zero attached hydrogens (tertiary/aromatic N) is 6. The lowest BCUT2D eigenvalue weighted by Gasteiger charge is -2.38. The number of hydrogen-bond acceptors (Lipinski definition) is 7. The van der Waals surface area contributed by atoms with Gasteiger partial charge in [0.1, 0.15) is 29.9 Å². The summed E-state index contributed by atoms with van der Waals surface area (Å²) in [6.45, 7) is 6.25. The summed E-state index contributed by atoms with van der Waals surface area (Å²) >= 11 is 0. The van der Waals surface area contributed by atoms with Crippen LogP contribution in [0.3, 0.4) is 0 Å². The molecule has 2 N–H and O–H groups in total. The normalized spacial score (nSPS) is 15.9. The smallest absolute Gasteiger partial charge is 0.366 e. The molecule has 1 aliphatic heterocycles. The summed E-state index contributed by atoms with van der Waals surface area (Å²) in [6, 6.07) is 2.44. The summed E-state index contributed by atoms with van der Waals surface area (Å²) in [5, 5.41) is 10.4. The second kappa shape index (κ2) is 8.92. The zero-order valence-corrected chi connectivity index (χ0v) is 19.2. The van der Waals surface area contributed by atoms with E-state index in [-0.39, 0.29) is 30.2 Å². The lowest BCUT2D eigenvalue weighted by Crippen LogP contribution is -2.49. The van der Waals surface area contributed by atoms with E-state index >= 15 is 0 Å². The van der Waals surface area contributed by atoms with E-state index in [1.807, 2.05) is 38.8 Å². The van der Waals surface area contributed by atoms with Gasteiger partial charge in [-0.15, -0.1) is 0 Å². The number of nitrogens with one attached hydrogen (secondary N) is 2. The molecule has 4 rings (SSSR count). The van der Waals surface area contributed by atoms with E-state index in [1.54, 1.807) is 12.4 Å². The summed E-state index contributed by atoms with van der Waals surface area (Å²) in [4.78, 5) is 26.5. The van der Waals surface area contributed by atoms with Crippen molar-refractivity contribution in [2.45, 2.75) is 46.1 Å². The molecule has 180 valence electrons. The second-order valence-electron chi connectivity index (χ2n) is 8.53. The van der Waals surface area contributed by atoms with Crippen molar-refractivity contribution in [2.75, 3.05) is 22.6 Å². The molecule has 9 nitrogen and oxygen atoms in total. The molecule has 0 unspecified atom stereocenters. The van der Waals surface area contributed by atoms with Crippen molar-refractivity contribution in [1.29, 1.82) is 0 Å². The maximum absolute atomic E-state index is 12.9. The Kier molecular flexibility index (Phi) is 6.15. The molecule has 1 aliphatic rings. The minimum absolute atomic E-state index is 0.0151. The van der Waals surface area contributed by atoms with E-state index in [0.717, 1.165) is 23.5 Å². The molecule has 0 spiro atoms. The first-order chi connectivity index (χ1) is 16.0. The van der Waals surface area contributed by atoms with E-state index in [1.165, 1.54) is 4.68 Å². The molecule has 0 saturated heterocycles. The number of halogens is 3. The molecule has 0 aliphatic carbocycles. The quantitative estimate of drug-likeness (QED) is 0.564. The molecule has 0 aromatic carbocycles. The highest BCUT2D eigenvalue weighted by molar-refractivity contribution is 6.04. The SMILES string of the molecule is Cc1nc(NCc2cnn(Cc3nccc(C(F)(F)F)n3)c2)cc2c1NC(=O)[C@H](C(C)C)N2C. The molecule has 0 radical (unpaired) electrons. The summed E-state index contributed by atoms with van der Waals surface area (Å²) in [6.07, 6.45) is -0.108. The summed E-state index contributed by atoms with van der Waals surface area (Å²) in [7, 11) is 1.89. The van der Waals surface area contributed by atoms with Gasteiger partial charge in [-0.05, 0) is 18.9 Å². The van der Waals surface area contributed by atoms with Crippen molar-refractivity contribution < 1.29 is 18.0 Å². The van der Waals surface area contributed by atoms with Gasteiger partial charge in [-0.25, -0.2) is 15.0 Å². The Morgan fingerprint density at radius 1 is 1.26 bits per heavy atom. The number of carbonyl (C=O) groups excluding carboxylic acids is 1. The molecule has 3 aromatic heterocycles. The highest BCUT2D eigenvalue weighted by Crippen LogP contribution is 2.36. The number of fused-ring (bicyclic) bond motifs is 1. The van der Waals surface area contributed by atoms with Crippen molar-refractivity contribution in [2.24, 2.45) is 5.92 Å². The summed E-state index contributed by atoms with van der Waals surface area (Å²) in [5.74, 6) is 0.743. The fourth-order valence-electron chi connectivity index (χ4n) is 4.01. The molecule has 4 heterocycles. The van der Waals surface area contributed by atoms with Crippen LogP contribution in [0.15, 0.2) is 30.7 Å². The summed E-state index contributed by atoms with van der Waals surface area (Å²) < 4.78 is 40.1. The lowest BCUT2D eigenvalue weighted by molar-refractivity contribution is -0.141. The van der Waals surface area contributed by atoms with Gasteiger partial charge in [-0.2, -0.15) is 18.3 Å². The van der Waals surface area contributed by atoms with E-state index in [4.69, 9.17) is 0 Å². The Hall–Kier alpha value is -3.70. The van der Waals surface area contributed by atoms with E-state index in [9.17, 15) is 18.0 Å². The van der Waals surface area contributed by atoms with E-state index in [0.29, 0.717) is 23.7 Å². The number of carbonyl (C=O) groups is 1. The minimum Gasteiger partial charge on any atom is -0.366 e. The minimum atomic E-state index is -4.52. The Bertz CT molecular complexity index is 1210.